The molecule has 2 aromatic heterocycles. The maximum atomic E-state index is 13.3. The fourth-order valence-corrected chi connectivity index (χ4v) is 5.93. The van der Waals surface area contributed by atoms with Crippen LogP contribution in [-0.2, 0) is 14.5 Å². The van der Waals surface area contributed by atoms with Gasteiger partial charge in [-0.05, 0) is 47.5 Å². The number of nitrogens with one attached hydrogen (secondary N) is 2. The molecule has 0 amide bonds. The van der Waals surface area contributed by atoms with Gasteiger partial charge in [0.05, 0.1) is 29.7 Å². The minimum absolute atomic E-state index is 0.230. The lowest BCUT2D eigenvalue weighted by Crippen LogP contribution is -2.40. The van der Waals surface area contributed by atoms with E-state index in [4.69, 9.17) is 0 Å². The predicted octanol–water partition coefficient (Wildman–Crippen LogP) is 2.40. The molecular formula is C22H23BrN4O6S2. The van der Waals surface area contributed by atoms with Gasteiger partial charge in [0.2, 0.25) is 5.78 Å². The molecule has 0 saturated heterocycles. The van der Waals surface area contributed by atoms with Crippen LogP contribution in [0.25, 0.3) is 0 Å². The number of hydrogen-bond acceptors (Lipinski definition) is 10. The Bertz CT molecular complexity index is 1320. The lowest BCUT2D eigenvalue weighted by Gasteiger charge is -2.16. The Morgan fingerprint density at radius 2 is 2.09 bits per heavy atom. The highest BCUT2D eigenvalue weighted by Gasteiger charge is 2.36. The van der Waals surface area contributed by atoms with E-state index in [1.807, 2.05) is 18.2 Å². The average Bonchev–Trinajstić information content (AvgIpc) is 3.45. The van der Waals surface area contributed by atoms with Crippen molar-refractivity contribution in [2.75, 3.05) is 12.4 Å². The Labute approximate surface area is 214 Å². The van der Waals surface area contributed by atoms with Crippen LogP contribution in [-0.4, -0.2) is 59.7 Å². The first-order valence-electron chi connectivity index (χ1n) is 10.6. The van der Waals surface area contributed by atoms with Crippen LogP contribution < -0.4 is 10.0 Å². The van der Waals surface area contributed by atoms with E-state index in [0.29, 0.717) is 16.0 Å². The second kappa shape index (κ2) is 10.8. The highest BCUT2D eigenvalue weighted by molar-refractivity contribution is 9.10. The van der Waals surface area contributed by atoms with E-state index >= 15 is 0 Å². The summed E-state index contributed by atoms with van der Waals surface area (Å²) in [7, 11) is -2.92. The van der Waals surface area contributed by atoms with Crippen LogP contribution in [0.15, 0.2) is 52.7 Å². The number of ketones is 1. The Morgan fingerprint density at radius 1 is 1.29 bits per heavy atom. The number of nitrogens with zero attached hydrogens (tertiary/aromatic N) is 2. The highest BCUT2D eigenvalue weighted by atomic mass is 79.9. The fourth-order valence-electron chi connectivity index (χ4n) is 3.91. The van der Waals surface area contributed by atoms with Crippen LogP contribution >= 0.6 is 27.3 Å². The minimum atomic E-state index is -3.96. The number of halogens is 1. The molecule has 1 aliphatic rings. The Morgan fingerprint density at radius 3 is 2.83 bits per heavy atom. The van der Waals surface area contributed by atoms with Gasteiger partial charge in [0.15, 0.2) is 0 Å². The Balaban J connectivity index is 1.49. The molecule has 0 radical (unpaired) electrons. The van der Waals surface area contributed by atoms with Gasteiger partial charge in [0, 0.05) is 16.7 Å². The molecule has 1 aromatic carbocycles. The summed E-state index contributed by atoms with van der Waals surface area (Å²) in [4.78, 5) is 21.8. The largest absolute Gasteiger partial charge is 0.391 e. The molecule has 2 heterocycles. The number of carbonyl (C=O) groups excluding carboxylic acids is 1. The zero-order chi connectivity index (χ0) is 25.2. The van der Waals surface area contributed by atoms with Gasteiger partial charge in [0.25, 0.3) is 0 Å². The number of aliphatic hydroxyl groups is 2. The summed E-state index contributed by atoms with van der Waals surface area (Å²) in [5.74, 6) is -0.0408. The van der Waals surface area contributed by atoms with Crippen LogP contribution in [0, 0.1) is 0 Å². The van der Waals surface area contributed by atoms with Crippen LogP contribution in [0.4, 0.5) is 5.82 Å². The predicted molar refractivity (Wildman–Crippen MR) is 133 cm³/mol. The van der Waals surface area contributed by atoms with Crippen molar-refractivity contribution in [1.82, 2.24) is 14.7 Å². The van der Waals surface area contributed by atoms with Gasteiger partial charge in [-0.2, -0.15) is 13.1 Å². The maximum absolute atomic E-state index is 13.3. The van der Waals surface area contributed by atoms with Crippen molar-refractivity contribution in [2.45, 2.75) is 37.1 Å². The number of hydrogen-bond donors (Lipinski definition) is 4. The third-order valence-electron chi connectivity index (χ3n) is 5.67. The number of anilines is 1. The number of carbonyl (C=O) groups is 1. The summed E-state index contributed by atoms with van der Waals surface area (Å²) in [6.07, 6.45) is 1.39. The van der Waals surface area contributed by atoms with Crippen LogP contribution in [0.1, 0.15) is 45.3 Å². The molecule has 4 rings (SSSR count). The third kappa shape index (κ3) is 6.12. The summed E-state index contributed by atoms with van der Waals surface area (Å²) >= 11 is 4.60. The van der Waals surface area contributed by atoms with Gasteiger partial charge >= 0.3 is 10.3 Å². The van der Waals surface area contributed by atoms with E-state index < -0.39 is 28.6 Å². The second-order valence-corrected chi connectivity index (χ2v) is 11.3. The number of aliphatic hydroxyl groups excluding tert-OH is 2. The first-order chi connectivity index (χ1) is 16.7. The summed E-state index contributed by atoms with van der Waals surface area (Å²) < 4.78 is 30.9. The second-order valence-electron chi connectivity index (χ2n) is 8.04. The Kier molecular flexibility index (Phi) is 7.96. The van der Waals surface area contributed by atoms with Crippen LogP contribution in [0.2, 0.25) is 0 Å². The molecule has 35 heavy (non-hydrogen) atoms. The van der Waals surface area contributed by atoms with E-state index in [1.54, 1.807) is 17.5 Å². The van der Waals surface area contributed by atoms with Crippen molar-refractivity contribution in [3.63, 3.8) is 0 Å². The average molecular weight is 583 g/mol. The molecular weight excluding hydrogens is 560 g/mol. The van der Waals surface area contributed by atoms with Gasteiger partial charge in [-0.25, -0.2) is 9.97 Å². The summed E-state index contributed by atoms with van der Waals surface area (Å²) in [5.41, 5.74) is 1.52. The molecule has 4 atom stereocenters. The van der Waals surface area contributed by atoms with E-state index in [-0.39, 0.29) is 36.0 Å². The molecule has 1 saturated carbocycles. The maximum Gasteiger partial charge on any atom is 0.335 e. The lowest BCUT2D eigenvalue weighted by atomic mass is 10.0. The third-order valence-corrected chi connectivity index (χ3v) is 8.14. The van der Waals surface area contributed by atoms with Gasteiger partial charge in [-0.3, -0.25) is 8.98 Å². The zero-order valence-electron chi connectivity index (χ0n) is 18.5. The van der Waals surface area contributed by atoms with Gasteiger partial charge in [0.1, 0.15) is 18.2 Å². The minimum Gasteiger partial charge on any atom is -0.391 e. The molecule has 186 valence electrons. The van der Waals surface area contributed by atoms with E-state index in [2.05, 4.69) is 40.1 Å². The van der Waals surface area contributed by atoms with Crippen molar-refractivity contribution >= 4 is 49.2 Å². The number of benzene rings is 1. The molecule has 3 aromatic rings. The normalized spacial score (nSPS) is 21.1. The molecule has 0 bridgehead atoms. The van der Waals surface area contributed by atoms with Gasteiger partial charge < -0.3 is 15.5 Å². The lowest BCUT2D eigenvalue weighted by molar-refractivity contribution is 0.104. The summed E-state index contributed by atoms with van der Waals surface area (Å²) in [6, 6.07) is 7.87. The summed E-state index contributed by atoms with van der Waals surface area (Å²) in [5, 5.41) is 25.9. The Hall–Kier alpha value is -2.26. The first kappa shape index (κ1) is 25.8. The van der Waals surface area contributed by atoms with Crippen molar-refractivity contribution < 1.29 is 27.6 Å². The fraction of sp³-hybridized carbons (Fsp3) is 0.318. The molecule has 1 aliphatic carbocycles. The van der Waals surface area contributed by atoms with Crippen LogP contribution in [0.5, 0.6) is 0 Å². The molecule has 0 aliphatic heterocycles. The number of rotatable bonds is 9. The van der Waals surface area contributed by atoms with Crippen LogP contribution in [0.3, 0.4) is 0 Å². The molecule has 13 heteroatoms. The monoisotopic (exact) mass is 582 g/mol. The van der Waals surface area contributed by atoms with E-state index in [0.717, 1.165) is 11.6 Å². The first-order valence-corrected chi connectivity index (χ1v) is 13.6. The topological polar surface area (TPSA) is 151 Å². The van der Waals surface area contributed by atoms with Gasteiger partial charge in [-0.1, -0.05) is 28.1 Å². The van der Waals surface area contributed by atoms with E-state index in [1.165, 1.54) is 23.9 Å². The van der Waals surface area contributed by atoms with Crippen molar-refractivity contribution in [3.05, 3.63) is 74.3 Å². The zero-order valence-corrected chi connectivity index (χ0v) is 21.7. The van der Waals surface area contributed by atoms with Crippen molar-refractivity contribution in [2.24, 2.45) is 0 Å². The number of aromatic nitrogens is 2. The molecule has 0 unspecified atom stereocenters. The molecule has 10 nitrogen and oxygen atoms in total. The SMILES string of the molecule is COS(=O)(=O)N[C@@H]1C[C@@H](Nc2ncncc2C(=O)c2cc([C@H](O)c3cccc(Br)c3)cs2)C[C@@H]1O. The quantitative estimate of drug-likeness (QED) is 0.279. The smallest absolute Gasteiger partial charge is 0.335 e. The highest BCUT2D eigenvalue weighted by Crippen LogP contribution is 2.31. The molecule has 1 fully saturated rings. The number of thiophene rings is 1. The van der Waals surface area contributed by atoms with Crippen molar-refractivity contribution in [1.29, 1.82) is 0 Å². The van der Waals surface area contributed by atoms with Gasteiger partial charge in [-0.15, -0.1) is 11.3 Å². The molecule has 0 spiro atoms. The van der Waals surface area contributed by atoms with E-state index in [9.17, 15) is 23.4 Å². The standard InChI is InChI=1S/C22H23BrN4O6S2/c1-33-35(31,32)27-17-7-15(8-18(17)28)26-22-16(9-24-11-25-22)21(30)19-6-13(10-34-19)20(29)12-3-2-4-14(23)5-12/h2-6,9-11,15,17-18,20,27-29H,7-8H2,1H3,(H,24,25,26)/t15-,17-,18+,20-/m1/s1. The summed E-state index contributed by atoms with van der Waals surface area (Å²) in [6.45, 7) is 0. The molecule has 4 N–H and O–H groups in total. The van der Waals surface area contributed by atoms with Crippen molar-refractivity contribution in [3.8, 4) is 0 Å².